The average Bonchev–Trinajstić information content (AvgIpc) is 3.57. The van der Waals surface area contributed by atoms with Crippen molar-refractivity contribution >= 4 is 5.69 Å². The average molecular weight is 558 g/mol. The zero-order valence-corrected chi connectivity index (χ0v) is 23.7. The van der Waals surface area contributed by atoms with Gasteiger partial charge in [-0.1, -0.05) is 24.3 Å². The highest BCUT2D eigenvalue weighted by Crippen LogP contribution is 2.24. The molecule has 0 amide bonds. The van der Waals surface area contributed by atoms with Crippen LogP contribution in [-0.4, -0.2) is 79.2 Å². The number of anilines is 1. The van der Waals surface area contributed by atoms with Gasteiger partial charge in [0, 0.05) is 62.7 Å². The first-order valence-electron chi connectivity index (χ1n) is 14.1. The normalized spacial score (nSPS) is 13.8. The zero-order chi connectivity index (χ0) is 28.1. The van der Waals surface area contributed by atoms with Crippen LogP contribution in [0, 0.1) is 0 Å². The smallest absolute Gasteiger partial charge is 0.119 e. The third kappa shape index (κ3) is 8.86. The maximum absolute atomic E-state index is 5.91. The van der Waals surface area contributed by atoms with Crippen molar-refractivity contribution in [3.05, 3.63) is 102 Å². The van der Waals surface area contributed by atoms with Gasteiger partial charge in [-0.3, -0.25) is 9.88 Å². The molecule has 0 saturated carbocycles. The van der Waals surface area contributed by atoms with Gasteiger partial charge in [0.05, 0.1) is 58.8 Å². The summed E-state index contributed by atoms with van der Waals surface area (Å²) < 4.78 is 24.6. The summed E-state index contributed by atoms with van der Waals surface area (Å²) in [5.74, 6) is 0.848. The first-order chi connectivity index (χ1) is 20.3. The summed E-state index contributed by atoms with van der Waals surface area (Å²) >= 11 is 0. The highest BCUT2D eigenvalue weighted by Gasteiger charge is 2.12. The number of ether oxygens (including phenoxy) is 4. The molecule has 1 aliphatic rings. The monoisotopic (exact) mass is 557 g/mol. The third-order valence-corrected chi connectivity index (χ3v) is 7.04. The van der Waals surface area contributed by atoms with Crippen LogP contribution in [0.25, 0.3) is 5.69 Å². The lowest BCUT2D eigenvalue weighted by Gasteiger charge is -2.26. The van der Waals surface area contributed by atoms with Crippen molar-refractivity contribution in [3.8, 4) is 11.4 Å². The minimum Gasteiger partial charge on any atom is -0.497 e. The van der Waals surface area contributed by atoms with E-state index in [1.165, 1.54) is 11.1 Å². The third-order valence-electron chi connectivity index (χ3n) is 7.04. The second-order valence-corrected chi connectivity index (χ2v) is 9.97. The van der Waals surface area contributed by atoms with Crippen LogP contribution in [0.1, 0.15) is 16.8 Å². The fourth-order valence-electron chi connectivity index (χ4n) is 4.83. The molecule has 0 unspecified atom stereocenters. The van der Waals surface area contributed by atoms with Crippen molar-refractivity contribution in [2.75, 3.05) is 64.7 Å². The Morgan fingerprint density at radius 3 is 2.49 bits per heavy atom. The highest BCUT2D eigenvalue weighted by atomic mass is 16.5. The summed E-state index contributed by atoms with van der Waals surface area (Å²) in [6.45, 7) is 8.19. The fraction of sp³-hybridized carbons (Fsp3) is 0.375. The maximum Gasteiger partial charge on any atom is 0.119 e. The van der Waals surface area contributed by atoms with E-state index in [1.54, 1.807) is 13.3 Å². The number of morpholine rings is 1. The van der Waals surface area contributed by atoms with Crippen molar-refractivity contribution in [1.82, 2.24) is 19.4 Å². The molecule has 216 valence electrons. The summed E-state index contributed by atoms with van der Waals surface area (Å²) in [6, 6.07) is 20.9. The molecule has 3 heterocycles. The van der Waals surface area contributed by atoms with Gasteiger partial charge in [-0.05, 0) is 47.5 Å². The molecule has 5 rings (SSSR count). The zero-order valence-electron chi connectivity index (χ0n) is 23.7. The molecule has 0 atom stereocenters. The van der Waals surface area contributed by atoms with Crippen molar-refractivity contribution in [1.29, 1.82) is 0 Å². The Bertz CT molecular complexity index is 1330. The minimum absolute atomic E-state index is 0.434. The number of nitrogens with zero attached hydrogens (tertiary/aromatic N) is 5. The molecule has 1 saturated heterocycles. The first-order valence-corrected chi connectivity index (χ1v) is 14.1. The molecule has 0 aliphatic carbocycles. The van der Waals surface area contributed by atoms with Crippen LogP contribution in [0.2, 0.25) is 0 Å². The number of methoxy groups -OCH3 is 1. The molecule has 2 aromatic carbocycles. The van der Waals surface area contributed by atoms with Crippen molar-refractivity contribution in [3.63, 3.8) is 0 Å². The van der Waals surface area contributed by atoms with Gasteiger partial charge in [0.2, 0.25) is 0 Å². The summed E-state index contributed by atoms with van der Waals surface area (Å²) in [4.78, 5) is 13.5. The molecule has 0 spiro atoms. The molecule has 2 aromatic heterocycles. The van der Waals surface area contributed by atoms with Crippen LogP contribution in [0.15, 0.2) is 85.6 Å². The Morgan fingerprint density at radius 1 is 0.878 bits per heavy atom. The predicted molar refractivity (Wildman–Crippen MR) is 158 cm³/mol. The maximum atomic E-state index is 5.91. The molecular formula is C32H39N5O4. The summed E-state index contributed by atoms with van der Waals surface area (Å²) in [6.07, 6.45) is 7.42. The largest absolute Gasteiger partial charge is 0.497 e. The van der Waals surface area contributed by atoms with E-state index in [4.69, 9.17) is 18.9 Å². The van der Waals surface area contributed by atoms with Crippen molar-refractivity contribution < 1.29 is 18.9 Å². The van der Waals surface area contributed by atoms with Gasteiger partial charge in [-0.15, -0.1) is 0 Å². The molecule has 1 fully saturated rings. The van der Waals surface area contributed by atoms with Crippen LogP contribution in [0.3, 0.4) is 0 Å². The molecule has 4 aromatic rings. The second-order valence-electron chi connectivity index (χ2n) is 9.97. The Kier molecular flexibility index (Phi) is 10.7. The van der Waals surface area contributed by atoms with E-state index < -0.39 is 0 Å². The number of rotatable bonds is 15. The molecule has 41 heavy (non-hydrogen) atoms. The van der Waals surface area contributed by atoms with E-state index >= 15 is 0 Å². The Morgan fingerprint density at radius 2 is 1.68 bits per heavy atom. The van der Waals surface area contributed by atoms with Gasteiger partial charge in [0.25, 0.3) is 0 Å². The highest BCUT2D eigenvalue weighted by molar-refractivity contribution is 5.49. The van der Waals surface area contributed by atoms with Crippen LogP contribution < -0.4 is 9.64 Å². The summed E-state index contributed by atoms with van der Waals surface area (Å²) in [7, 11) is 1.70. The second kappa shape index (κ2) is 15.3. The first kappa shape index (κ1) is 28.8. The van der Waals surface area contributed by atoms with E-state index in [9.17, 15) is 0 Å². The van der Waals surface area contributed by atoms with Crippen LogP contribution >= 0.6 is 0 Å². The Balaban J connectivity index is 1.21. The van der Waals surface area contributed by atoms with E-state index in [2.05, 4.69) is 68.3 Å². The van der Waals surface area contributed by atoms with E-state index in [-0.39, 0.29) is 0 Å². The van der Waals surface area contributed by atoms with Gasteiger partial charge in [-0.25, -0.2) is 4.98 Å². The summed E-state index contributed by atoms with van der Waals surface area (Å²) in [5, 5.41) is 0. The molecular weight excluding hydrogens is 518 g/mol. The lowest BCUT2D eigenvalue weighted by Crippen LogP contribution is -2.38. The topological polar surface area (TPSA) is 74.1 Å². The number of pyridine rings is 1. The van der Waals surface area contributed by atoms with Crippen molar-refractivity contribution in [2.45, 2.75) is 19.7 Å². The lowest BCUT2D eigenvalue weighted by molar-refractivity contribution is 0.00553. The van der Waals surface area contributed by atoms with Crippen LogP contribution in [0.5, 0.6) is 5.75 Å². The van der Waals surface area contributed by atoms with Gasteiger partial charge in [0.1, 0.15) is 5.75 Å². The van der Waals surface area contributed by atoms with Crippen LogP contribution in [-0.2, 0) is 33.9 Å². The summed E-state index contributed by atoms with van der Waals surface area (Å²) in [5.41, 5.74) is 5.41. The van der Waals surface area contributed by atoms with Gasteiger partial charge in [0.15, 0.2) is 0 Å². The molecule has 0 radical (unpaired) electrons. The van der Waals surface area contributed by atoms with Crippen LogP contribution in [0.4, 0.5) is 5.69 Å². The van der Waals surface area contributed by atoms with Gasteiger partial charge in [-0.2, -0.15) is 0 Å². The van der Waals surface area contributed by atoms with Crippen molar-refractivity contribution in [2.24, 2.45) is 0 Å². The van der Waals surface area contributed by atoms with Gasteiger partial charge < -0.3 is 28.4 Å². The predicted octanol–water partition coefficient (Wildman–Crippen LogP) is 4.35. The Hall–Kier alpha value is -3.76. The Labute approximate surface area is 242 Å². The molecule has 9 heteroatoms. The molecule has 9 nitrogen and oxygen atoms in total. The SMILES string of the molecule is COc1cccc(CN(Cc2cccc(-n3ccnc3)c2)c2ccnc(COCCOCCN3CCOCC3)c2)c1. The minimum atomic E-state index is 0.434. The number of hydrogen-bond donors (Lipinski definition) is 0. The van der Waals surface area contributed by atoms with E-state index in [0.29, 0.717) is 33.0 Å². The quantitative estimate of drug-likeness (QED) is 0.200. The number of imidazole rings is 1. The molecule has 1 aliphatic heterocycles. The molecule has 0 bridgehead atoms. The number of hydrogen-bond acceptors (Lipinski definition) is 8. The molecule has 0 N–H and O–H groups in total. The number of aromatic nitrogens is 3. The fourth-order valence-corrected chi connectivity index (χ4v) is 4.83. The van der Waals surface area contributed by atoms with Gasteiger partial charge >= 0.3 is 0 Å². The van der Waals surface area contributed by atoms with E-state index in [1.807, 2.05) is 35.4 Å². The van der Waals surface area contributed by atoms with E-state index in [0.717, 1.165) is 62.2 Å². The standard InChI is InChI=1S/C32H39N5O4/c1-38-32-7-3-5-28(21-32)24-37(23-27-4-2-6-30(20-27)36-11-10-33-26-36)31-8-9-34-29(22-31)25-41-19-18-40-17-14-35-12-15-39-16-13-35/h2-11,20-22,26H,12-19,23-25H2,1H3. The lowest BCUT2D eigenvalue weighted by atomic mass is 10.1. The number of benzene rings is 2.